The Morgan fingerprint density at radius 1 is 1.36 bits per heavy atom. The number of benzene rings is 1. The molecule has 3 atom stereocenters. The highest BCUT2D eigenvalue weighted by atomic mass is 16.5. The van der Waals surface area contributed by atoms with Gasteiger partial charge in [-0.1, -0.05) is 12.1 Å². The van der Waals surface area contributed by atoms with Crippen LogP contribution in [0.4, 0.5) is 4.79 Å². The molecule has 2 heterocycles. The largest absolute Gasteiger partial charge is 0.376 e. The van der Waals surface area contributed by atoms with Crippen LogP contribution in [-0.2, 0) is 4.74 Å². The average Bonchev–Trinajstić information content (AvgIpc) is 3.33. The second-order valence-electron chi connectivity index (χ2n) is 6.51. The predicted molar refractivity (Wildman–Crippen MR) is 94.5 cm³/mol. The molecule has 7 heteroatoms. The third-order valence-corrected chi connectivity index (χ3v) is 4.83. The van der Waals surface area contributed by atoms with E-state index in [4.69, 9.17) is 4.74 Å². The number of hydrogen-bond acceptors (Lipinski definition) is 4. The van der Waals surface area contributed by atoms with Gasteiger partial charge in [-0.3, -0.25) is 0 Å². The number of nitrogens with one attached hydrogen (secondary N) is 1. The van der Waals surface area contributed by atoms with Gasteiger partial charge in [-0.05, 0) is 44.4 Å². The average molecular weight is 343 g/mol. The van der Waals surface area contributed by atoms with Crippen molar-refractivity contribution < 1.29 is 9.53 Å². The minimum atomic E-state index is -0.0872. The Bertz CT molecular complexity index is 680. The van der Waals surface area contributed by atoms with E-state index in [-0.39, 0.29) is 24.2 Å². The van der Waals surface area contributed by atoms with E-state index >= 15 is 0 Å². The van der Waals surface area contributed by atoms with Crippen molar-refractivity contribution >= 4 is 6.03 Å². The molecule has 25 heavy (non-hydrogen) atoms. The third kappa shape index (κ3) is 3.99. The Balaban J connectivity index is 1.61. The molecule has 1 aliphatic rings. The Hall–Kier alpha value is -2.41. The van der Waals surface area contributed by atoms with E-state index in [1.807, 2.05) is 45.2 Å². The molecule has 0 spiro atoms. The molecule has 0 radical (unpaired) electrons. The quantitative estimate of drug-likeness (QED) is 0.905. The van der Waals surface area contributed by atoms with Gasteiger partial charge in [0, 0.05) is 13.7 Å². The lowest BCUT2D eigenvalue weighted by atomic mass is 10.1. The number of carbonyl (C=O) groups is 1. The molecule has 2 aromatic rings. The van der Waals surface area contributed by atoms with Gasteiger partial charge in [-0.25, -0.2) is 14.5 Å². The number of amides is 2. The van der Waals surface area contributed by atoms with E-state index < -0.39 is 0 Å². The lowest BCUT2D eigenvalue weighted by molar-refractivity contribution is 0.0830. The number of urea groups is 1. The van der Waals surface area contributed by atoms with Crippen LogP contribution in [0.5, 0.6) is 0 Å². The van der Waals surface area contributed by atoms with Crippen molar-refractivity contribution in [3.8, 4) is 5.69 Å². The molecule has 0 saturated carbocycles. The van der Waals surface area contributed by atoms with Gasteiger partial charge in [-0.2, -0.15) is 5.10 Å². The predicted octanol–water partition coefficient (Wildman–Crippen LogP) is 2.54. The van der Waals surface area contributed by atoms with Crippen molar-refractivity contribution in [2.24, 2.45) is 0 Å². The zero-order valence-electron chi connectivity index (χ0n) is 14.9. The van der Waals surface area contributed by atoms with E-state index in [9.17, 15) is 4.79 Å². The Kier molecular flexibility index (Phi) is 5.33. The zero-order chi connectivity index (χ0) is 17.8. The molecular weight excluding hydrogens is 318 g/mol. The maximum atomic E-state index is 12.5. The number of nitrogens with zero attached hydrogens (tertiary/aromatic N) is 4. The van der Waals surface area contributed by atoms with Crippen molar-refractivity contribution in [1.29, 1.82) is 0 Å². The fourth-order valence-electron chi connectivity index (χ4n) is 3.03. The highest BCUT2D eigenvalue weighted by molar-refractivity contribution is 5.74. The summed E-state index contributed by atoms with van der Waals surface area (Å²) in [7, 11) is 1.81. The van der Waals surface area contributed by atoms with Crippen LogP contribution >= 0.6 is 0 Å². The van der Waals surface area contributed by atoms with E-state index in [1.54, 1.807) is 15.9 Å². The summed E-state index contributed by atoms with van der Waals surface area (Å²) >= 11 is 0. The summed E-state index contributed by atoms with van der Waals surface area (Å²) in [5, 5.41) is 7.16. The van der Waals surface area contributed by atoms with E-state index in [1.165, 1.54) is 6.33 Å². The summed E-state index contributed by atoms with van der Waals surface area (Å²) in [6.07, 6.45) is 5.35. The molecule has 7 nitrogen and oxygen atoms in total. The molecule has 1 saturated heterocycles. The molecule has 0 aliphatic carbocycles. The SMILES string of the molecule is C[C@H](NC(=O)N(C)[C@H](C)c1ccc(-n2cncn2)cc1)[C@H]1CCCO1. The first-order chi connectivity index (χ1) is 12.1. The maximum Gasteiger partial charge on any atom is 0.317 e. The molecule has 0 unspecified atom stereocenters. The highest BCUT2D eigenvalue weighted by Crippen LogP contribution is 2.21. The van der Waals surface area contributed by atoms with Crippen LogP contribution in [0.2, 0.25) is 0 Å². The molecule has 1 aromatic carbocycles. The molecule has 1 fully saturated rings. The van der Waals surface area contributed by atoms with E-state index in [0.29, 0.717) is 0 Å². The Morgan fingerprint density at radius 2 is 2.12 bits per heavy atom. The van der Waals surface area contributed by atoms with Crippen LogP contribution in [0, 0.1) is 0 Å². The zero-order valence-corrected chi connectivity index (χ0v) is 14.9. The summed E-state index contributed by atoms with van der Waals surface area (Å²) in [4.78, 5) is 18.2. The first-order valence-electron chi connectivity index (χ1n) is 8.66. The van der Waals surface area contributed by atoms with E-state index in [2.05, 4.69) is 15.4 Å². The fraction of sp³-hybridized carbons (Fsp3) is 0.500. The first kappa shape index (κ1) is 17.4. The first-order valence-corrected chi connectivity index (χ1v) is 8.66. The van der Waals surface area contributed by atoms with Crippen molar-refractivity contribution in [3.63, 3.8) is 0 Å². The van der Waals surface area contributed by atoms with Gasteiger partial charge < -0.3 is 15.0 Å². The number of hydrogen-bond donors (Lipinski definition) is 1. The van der Waals surface area contributed by atoms with Gasteiger partial charge >= 0.3 is 6.03 Å². The van der Waals surface area contributed by atoms with Crippen LogP contribution in [0.3, 0.4) is 0 Å². The topological polar surface area (TPSA) is 72.3 Å². The summed E-state index contributed by atoms with van der Waals surface area (Å²) in [5.41, 5.74) is 2.00. The number of aromatic nitrogens is 3. The second kappa shape index (κ2) is 7.65. The molecule has 1 aliphatic heterocycles. The summed E-state index contributed by atoms with van der Waals surface area (Å²) in [6, 6.07) is 7.85. The van der Waals surface area contributed by atoms with Crippen LogP contribution < -0.4 is 5.32 Å². The van der Waals surface area contributed by atoms with Crippen molar-refractivity contribution in [3.05, 3.63) is 42.5 Å². The minimum absolute atomic E-state index is 0.0133. The second-order valence-corrected chi connectivity index (χ2v) is 6.51. The molecule has 1 N–H and O–H groups in total. The standard InChI is InChI=1S/C18H25N5O2/c1-13(17-5-4-10-25-17)21-18(24)22(3)14(2)15-6-8-16(9-7-15)23-12-19-11-20-23/h6-9,11-14,17H,4-5,10H2,1-3H3,(H,21,24)/t13-,14+,17+/m0/s1. The van der Waals surface area contributed by atoms with Gasteiger partial charge in [0.05, 0.1) is 23.9 Å². The van der Waals surface area contributed by atoms with Crippen molar-refractivity contribution in [2.75, 3.05) is 13.7 Å². The van der Waals surface area contributed by atoms with Crippen molar-refractivity contribution in [1.82, 2.24) is 25.0 Å². The molecule has 3 rings (SSSR count). The van der Waals surface area contributed by atoms with Crippen LogP contribution in [0.1, 0.15) is 38.3 Å². The van der Waals surface area contributed by atoms with Crippen LogP contribution in [-0.4, -0.2) is 51.5 Å². The summed E-state index contributed by atoms with van der Waals surface area (Å²) in [6.45, 7) is 4.80. The van der Waals surface area contributed by atoms with Crippen molar-refractivity contribution in [2.45, 2.75) is 44.9 Å². The van der Waals surface area contributed by atoms with Gasteiger partial charge in [0.25, 0.3) is 0 Å². The Labute approximate surface area is 148 Å². The molecule has 134 valence electrons. The molecular formula is C18H25N5O2. The van der Waals surface area contributed by atoms with E-state index in [0.717, 1.165) is 30.7 Å². The third-order valence-electron chi connectivity index (χ3n) is 4.83. The summed E-state index contributed by atoms with van der Waals surface area (Å²) < 4.78 is 7.34. The minimum Gasteiger partial charge on any atom is -0.376 e. The smallest absolute Gasteiger partial charge is 0.317 e. The normalized spacial score (nSPS) is 19.4. The summed E-state index contributed by atoms with van der Waals surface area (Å²) in [5.74, 6) is 0. The Morgan fingerprint density at radius 3 is 2.72 bits per heavy atom. The lowest BCUT2D eigenvalue weighted by Gasteiger charge is -2.29. The lowest BCUT2D eigenvalue weighted by Crippen LogP contribution is -2.47. The number of rotatable bonds is 5. The molecule has 0 bridgehead atoms. The van der Waals surface area contributed by atoms with Gasteiger partial charge in [0.2, 0.25) is 0 Å². The van der Waals surface area contributed by atoms with Gasteiger partial charge in [0.1, 0.15) is 12.7 Å². The van der Waals surface area contributed by atoms with Crippen LogP contribution in [0.15, 0.2) is 36.9 Å². The highest BCUT2D eigenvalue weighted by Gasteiger charge is 2.26. The number of ether oxygens (including phenoxy) is 1. The monoisotopic (exact) mass is 343 g/mol. The molecule has 1 aromatic heterocycles. The van der Waals surface area contributed by atoms with Gasteiger partial charge in [0.15, 0.2) is 0 Å². The fourth-order valence-corrected chi connectivity index (χ4v) is 3.03. The molecule has 2 amide bonds. The van der Waals surface area contributed by atoms with Crippen LogP contribution in [0.25, 0.3) is 5.69 Å². The van der Waals surface area contributed by atoms with Gasteiger partial charge in [-0.15, -0.1) is 0 Å². The number of carbonyl (C=O) groups excluding carboxylic acids is 1. The maximum absolute atomic E-state index is 12.5.